The Morgan fingerprint density at radius 2 is 0.562 bits per heavy atom. The summed E-state index contributed by atoms with van der Waals surface area (Å²) in [6, 6.07) is 35.7. The van der Waals surface area contributed by atoms with Gasteiger partial charge in [-0.05, 0) is 249 Å². The minimum absolute atomic E-state index is 0.0172. The van der Waals surface area contributed by atoms with Gasteiger partial charge in [0.1, 0.15) is 34.5 Å². The lowest BCUT2D eigenvalue weighted by Gasteiger charge is -2.11. The Labute approximate surface area is 773 Å². The van der Waals surface area contributed by atoms with Crippen molar-refractivity contribution in [2.24, 2.45) is 35.3 Å². The number of fused-ring (bicyclic) bond motifs is 6. The van der Waals surface area contributed by atoms with Gasteiger partial charge in [-0.25, -0.2) is 0 Å². The van der Waals surface area contributed by atoms with Crippen LogP contribution in [0.2, 0.25) is 0 Å². The van der Waals surface area contributed by atoms with Gasteiger partial charge in [0.25, 0.3) is 0 Å². The summed E-state index contributed by atoms with van der Waals surface area (Å²) < 4.78 is 54.3. The molecule has 0 radical (unpaired) electrons. The third kappa shape index (κ3) is 28.5. The fourth-order valence-electron chi connectivity index (χ4n) is 13.9. The summed E-state index contributed by atoms with van der Waals surface area (Å²) in [5, 5.41) is 15.2. The Bertz CT molecular complexity index is 6030. The van der Waals surface area contributed by atoms with Crippen molar-refractivity contribution in [1.29, 1.82) is 0 Å². The molecule has 0 aliphatic heterocycles. The fourth-order valence-corrected chi connectivity index (χ4v) is 20.6. The third-order valence-electron chi connectivity index (χ3n) is 20.5. The van der Waals surface area contributed by atoms with Crippen molar-refractivity contribution in [2.45, 2.75) is 138 Å². The second kappa shape index (κ2) is 50.7. The molecule has 0 spiro atoms. The van der Waals surface area contributed by atoms with E-state index in [0.717, 1.165) is 188 Å². The molecule has 25 nitrogen and oxygen atoms in total. The summed E-state index contributed by atoms with van der Waals surface area (Å²) in [4.78, 5) is 157. The van der Waals surface area contributed by atoms with Crippen molar-refractivity contribution in [3.05, 3.63) is 171 Å². The Morgan fingerprint density at radius 3 is 0.789 bits per heavy atom. The number of aryl methyl sites for hydroxylation is 4. The van der Waals surface area contributed by atoms with Crippen LogP contribution in [0, 0.1) is 29.6 Å². The minimum atomic E-state index is -0.969. The first-order valence-electron chi connectivity index (χ1n) is 40.8. The van der Waals surface area contributed by atoms with Gasteiger partial charge in [0.15, 0.2) is 34.7 Å². The van der Waals surface area contributed by atoms with Crippen molar-refractivity contribution in [3.63, 3.8) is 0 Å². The molecule has 3 N–H and O–H groups in total. The van der Waals surface area contributed by atoms with Crippen LogP contribution in [0.4, 0.5) is 0 Å². The molecule has 0 fully saturated rings. The van der Waals surface area contributed by atoms with Crippen LogP contribution in [0.5, 0.6) is 34.5 Å². The van der Waals surface area contributed by atoms with Crippen LogP contribution in [-0.2, 0) is 84.7 Å². The highest BCUT2D eigenvalue weighted by Crippen LogP contribution is 2.42. The predicted molar refractivity (Wildman–Crippen MR) is 504 cm³/mol. The largest absolute Gasteiger partial charge is 0.496 e. The first-order chi connectivity index (χ1) is 61.1. The molecule has 0 amide bonds. The normalized spacial score (nSPS) is 11.7. The molecule has 12 rings (SSSR count). The van der Waals surface area contributed by atoms with Crippen molar-refractivity contribution in [2.75, 3.05) is 70.5 Å². The Hall–Kier alpha value is -11.0. The van der Waals surface area contributed by atoms with Crippen molar-refractivity contribution in [3.8, 4) is 34.5 Å². The smallest absolute Gasteiger partial charge is 0.373 e. The molecular weight excluding hydrogens is 1820 g/mol. The number of rotatable bonds is 38. The van der Waals surface area contributed by atoms with E-state index in [4.69, 9.17) is 63.2 Å². The van der Waals surface area contributed by atoms with E-state index in [2.05, 4.69) is 63.5 Å². The van der Waals surface area contributed by atoms with Crippen LogP contribution in [0.15, 0.2) is 114 Å². The summed E-state index contributed by atoms with van der Waals surface area (Å²) in [5.41, 5.74) is 11.0. The van der Waals surface area contributed by atoms with Gasteiger partial charge in [0.05, 0.1) is 121 Å². The van der Waals surface area contributed by atoms with Gasteiger partial charge in [-0.2, -0.15) is 19.2 Å². The molecular formula is C96H104BrNO24S6. The van der Waals surface area contributed by atoms with Crippen molar-refractivity contribution < 1.29 is 115 Å². The number of thiophene rings is 6. The third-order valence-corrected chi connectivity index (χ3v) is 28.0. The number of aliphatic carboxylic acids is 1. The highest BCUT2D eigenvalue weighted by atomic mass is 79.9. The molecule has 680 valence electrons. The van der Waals surface area contributed by atoms with Crippen molar-refractivity contribution in [1.82, 2.24) is 0 Å². The van der Waals surface area contributed by atoms with Crippen LogP contribution in [-0.4, -0.2) is 147 Å². The van der Waals surface area contributed by atoms with Gasteiger partial charge >= 0.3 is 36.2 Å². The number of carbonyl (C=O) groups excluding carboxylic acids is 13. The second-order valence-corrected chi connectivity index (χ2v) is 37.7. The number of methoxy groups -OCH3 is 9. The number of hydrogen-bond acceptors (Lipinski definition) is 30. The standard InChI is InChI=1S/C32H36O6S2.C30H32O6S2.C17H21NO4S.C15H15BrO4S.2CO2/c1-18(2)10-24(33)30-14-22-12-20(26(36-4)16-28(22)39-30)8-7-9-21-13-23-15-31(40-29(23)17-27(21)37-5)25(34)11-19(3)32(35)38-6;1-5-7-22(31)28-13-20-11-18(24(35-3)15-26(20)37-28)8-6-9-19-12-21-14-29(23(32)10-17(2)30(33)34)38-27(21)16-25(19)36-4;1-10(17(20)22-3)6-13(19)16-8-12-7-11(4-5-18)14(21-2)9-15(12)23-16;1-8(15(18)20-3)4-11(17)14-6-9-5-10(16)12(19-2)7-13(9)21-14;2*2-1-3/h12-19H,7-11H2,1-6H3;11-17H,5-10H2,1-4H3,(H,33,34);7-10H,4-6,18H2,1-3H3;5-8H,4H2,1-3H3;;/t19-;17-;10-;8-;;/m0000../s1. The van der Waals surface area contributed by atoms with Crippen LogP contribution >= 0.6 is 84.0 Å². The molecule has 32 heteroatoms. The molecule has 0 bridgehead atoms. The van der Waals surface area contributed by atoms with Gasteiger partial charge < -0.3 is 53.5 Å². The molecule has 12 aromatic rings. The fraction of sp³-hybridized carbons (Fsp3) is 0.375. The summed E-state index contributed by atoms with van der Waals surface area (Å²) in [6.07, 6.45) is 8.48. The van der Waals surface area contributed by atoms with Crippen molar-refractivity contribution >= 4 is 215 Å². The molecule has 6 aromatic carbocycles. The van der Waals surface area contributed by atoms with Crippen LogP contribution in [0.3, 0.4) is 0 Å². The van der Waals surface area contributed by atoms with E-state index in [1.165, 1.54) is 89.4 Å². The quantitative estimate of drug-likeness (QED) is 0.0206. The van der Waals surface area contributed by atoms with Crippen LogP contribution < -0.4 is 34.2 Å². The first-order valence-corrected chi connectivity index (χ1v) is 46.5. The van der Waals surface area contributed by atoms with Gasteiger partial charge in [-0.1, -0.05) is 48.5 Å². The Balaban J connectivity index is 0.000000236. The highest BCUT2D eigenvalue weighted by molar-refractivity contribution is 9.10. The van der Waals surface area contributed by atoms with Crippen LogP contribution in [0.1, 0.15) is 192 Å². The average molecular weight is 1930 g/mol. The van der Waals surface area contributed by atoms with E-state index in [1.807, 2.05) is 91.9 Å². The van der Waals surface area contributed by atoms with Gasteiger partial charge in [0, 0.05) is 66.7 Å². The number of nitrogens with two attached hydrogens (primary N) is 1. The molecule has 0 aliphatic carbocycles. The Kier molecular flexibility index (Phi) is 41.2. The molecule has 0 unspecified atom stereocenters. The van der Waals surface area contributed by atoms with E-state index >= 15 is 0 Å². The summed E-state index contributed by atoms with van der Waals surface area (Å²) >= 11 is 12.1. The number of hydrogen-bond donors (Lipinski definition) is 2. The number of benzene rings is 6. The average Bonchev–Trinajstić information content (AvgIpc) is 1.67. The predicted octanol–water partition coefficient (Wildman–Crippen LogP) is 21.2. The lowest BCUT2D eigenvalue weighted by molar-refractivity contribution is -0.193. The van der Waals surface area contributed by atoms with Crippen LogP contribution in [0.25, 0.3) is 60.5 Å². The zero-order chi connectivity index (χ0) is 94.3. The zero-order valence-corrected chi connectivity index (χ0v) is 80.6. The SMILES string of the molecule is CCCC(=O)c1cc2cc(CCCc3cc4cc(C(=O)C[C@H](C)C(=O)O)sc4cc3OC)c(OC)cc2s1.COC(=O)[C@@H](C)CC(=O)c1cc2cc(Br)c(OC)cc2s1.COC(=O)[C@@H](C)CC(=O)c1cc2cc(CCCc3cc4cc(C(=O)CC(C)C)sc4cc3OC)c(OC)cc2s1.COC(=O)[C@@H](C)CC(=O)c1cc2cc(CCN)c(OC)cc2s1.O=C=O.O=C=O. The Morgan fingerprint density at radius 1 is 0.336 bits per heavy atom. The monoisotopic (exact) mass is 1930 g/mol. The molecule has 0 aliphatic rings. The summed E-state index contributed by atoms with van der Waals surface area (Å²) in [6.45, 7) is 13.3. The number of carboxylic acid groups (broad SMARTS) is 1. The summed E-state index contributed by atoms with van der Waals surface area (Å²) in [7, 11) is 13.9. The molecule has 128 heavy (non-hydrogen) atoms. The lowest BCUT2D eigenvalue weighted by atomic mass is 10.00. The highest BCUT2D eigenvalue weighted by Gasteiger charge is 2.27. The number of carbonyl (C=O) groups is 10. The number of ether oxygens (including phenoxy) is 9. The number of esters is 3. The molecule has 4 atom stereocenters. The molecule has 6 aromatic heterocycles. The van der Waals surface area contributed by atoms with E-state index in [-0.39, 0.29) is 90.6 Å². The maximum atomic E-state index is 12.8. The topological polar surface area (TPSA) is 368 Å². The van der Waals surface area contributed by atoms with E-state index in [1.54, 1.807) is 70.4 Å². The number of halogens is 1. The lowest BCUT2D eigenvalue weighted by Crippen LogP contribution is -2.16. The number of ketones is 6. The van der Waals surface area contributed by atoms with E-state index < -0.39 is 29.6 Å². The van der Waals surface area contributed by atoms with Gasteiger partial charge in [0.2, 0.25) is 0 Å². The summed E-state index contributed by atoms with van der Waals surface area (Å²) in [5.74, 6) is 0.962. The number of Topliss-reactive ketones (excluding diaryl/α,β-unsaturated/α-hetero) is 6. The first kappa shape index (κ1) is 104. The molecule has 0 saturated heterocycles. The minimum Gasteiger partial charge on any atom is -0.496 e. The molecule has 0 saturated carbocycles. The maximum Gasteiger partial charge on any atom is 0.373 e. The van der Waals surface area contributed by atoms with Gasteiger partial charge in [-0.15, -0.1) is 68.0 Å². The second-order valence-electron chi connectivity index (χ2n) is 30.3. The number of carboxylic acids is 1. The zero-order valence-electron chi connectivity index (χ0n) is 74.1. The maximum absolute atomic E-state index is 12.8. The van der Waals surface area contributed by atoms with Gasteiger partial charge in [-0.3, -0.25) is 47.9 Å². The van der Waals surface area contributed by atoms with E-state index in [9.17, 15) is 47.9 Å². The van der Waals surface area contributed by atoms with E-state index in [0.29, 0.717) is 44.8 Å². The molecule has 6 heterocycles.